The second kappa shape index (κ2) is 9.09. The fourth-order valence-corrected chi connectivity index (χ4v) is 5.40. The number of amides is 3. The molecule has 0 spiro atoms. The summed E-state index contributed by atoms with van der Waals surface area (Å²) in [5.41, 5.74) is 0.992. The van der Waals surface area contributed by atoms with E-state index in [-0.39, 0.29) is 30.2 Å². The highest BCUT2D eigenvalue weighted by Gasteiger charge is 2.32. The smallest absolute Gasteiger partial charge is 0.261 e. The molecule has 2 aromatic heterocycles. The van der Waals surface area contributed by atoms with Gasteiger partial charge in [-0.2, -0.15) is 0 Å². The van der Waals surface area contributed by atoms with Crippen LogP contribution in [-0.4, -0.2) is 78.9 Å². The largest absolute Gasteiger partial charge is 0.370 e. The van der Waals surface area contributed by atoms with Gasteiger partial charge in [0.25, 0.3) is 5.91 Å². The molecule has 2 aliphatic rings. The number of aromatic nitrogens is 1. The van der Waals surface area contributed by atoms with Crippen molar-refractivity contribution in [3.05, 3.63) is 28.8 Å². The molecule has 3 amide bonds. The second-order valence-electron chi connectivity index (χ2n) is 7.64. The number of likely N-dealkylation sites (tertiary alicyclic amines) is 2. The van der Waals surface area contributed by atoms with Crippen molar-refractivity contribution < 1.29 is 19.1 Å². The van der Waals surface area contributed by atoms with Crippen LogP contribution in [0.15, 0.2) is 18.3 Å². The van der Waals surface area contributed by atoms with Gasteiger partial charge in [-0.3, -0.25) is 14.4 Å². The van der Waals surface area contributed by atoms with E-state index < -0.39 is 0 Å². The molecule has 0 saturated carbocycles. The van der Waals surface area contributed by atoms with Gasteiger partial charge in [-0.1, -0.05) is 6.07 Å². The van der Waals surface area contributed by atoms with E-state index in [2.05, 4.69) is 10.3 Å². The average Bonchev–Trinajstić information content (AvgIpc) is 3.48. The third-order valence-corrected chi connectivity index (χ3v) is 6.92. The Morgan fingerprint density at radius 1 is 1.37 bits per heavy atom. The fourth-order valence-electron chi connectivity index (χ4n) is 4.23. The molecule has 30 heavy (non-hydrogen) atoms. The van der Waals surface area contributed by atoms with Gasteiger partial charge in [-0.05, 0) is 24.5 Å². The minimum absolute atomic E-state index is 0.0169. The highest BCUT2D eigenvalue weighted by Crippen LogP contribution is 2.39. The first-order chi connectivity index (χ1) is 14.6. The van der Waals surface area contributed by atoms with Crippen LogP contribution in [0, 0.1) is 0 Å². The van der Waals surface area contributed by atoms with Gasteiger partial charge in [0.2, 0.25) is 11.8 Å². The summed E-state index contributed by atoms with van der Waals surface area (Å²) in [4.78, 5) is 46.1. The van der Waals surface area contributed by atoms with Gasteiger partial charge >= 0.3 is 0 Å². The molecule has 1 N–H and O–H groups in total. The van der Waals surface area contributed by atoms with Gasteiger partial charge < -0.3 is 19.9 Å². The lowest BCUT2D eigenvalue weighted by molar-refractivity contribution is -0.135. The Balaban J connectivity index is 1.36. The quantitative estimate of drug-likeness (QED) is 0.674. The number of hydrogen-bond donors (Lipinski definition) is 1. The maximum Gasteiger partial charge on any atom is 0.261 e. The van der Waals surface area contributed by atoms with E-state index in [0.717, 1.165) is 35.2 Å². The first kappa shape index (κ1) is 20.7. The van der Waals surface area contributed by atoms with E-state index in [9.17, 15) is 14.4 Å². The van der Waals surface area contributed by atoms with Crippen LogP contribution in [-0.2, 0) is 14.3 Å². The molecule has 0 unspecified atom stereocenters. The predicted molar refractivity (Wildman–Crippen MR) is 114 cm³/mol. The number of fused-ring (bicyclic) bond motifs is 1. The maximum absolute atomic E-state index is 12.6. The van der Waals surface area contributed by atoms with Gasteiger partial charge in [-0.15, -0.1) is 11.3 Å². The number of hydrogen-bond acceptors (Lipinski definition) is 6. The van der Waals surface area contributed by atoms with Crippen LogP contribution in [0.5, 0.6) is 0 Å². The number of pyridine rings is 1. The Bertz CT molecular complexity index is 960. The molecule has 2 fully saturated rings. The Kier molecular flexibility index (Phi) is 6.29. The number of thiophene rings is 1. The van der Waals surface area contributed by atoms with Gasteiger partial charge in [0, 0.05) is 57.1 Å². The molecular weight excluding hydrogens is 404 g/mol. The summed E-state index contributed by atoms with van der Waals surface area (Å²) in [6, 6.07) is 3.87. The van der Waals surface area contributed by atoms with Crippen LogP contribution in [0.25, 0.3) is 10.2 Å². The monoisotopic (exact) mass is 430 g/mol. The minimum atomic E-state index is -0.113. The Morgan fingerprint density at radius 2 is 2.23 bits per heavy atom. The van der Waals surface area contributed by atoms with Crippen LogP contribution >= 0.6 is 11.3 Å². The molecular formula is C21H26N4O4S. The SMILES string of the molecule is CNC(=O)c1sc2ncccc2c1[C@H]1CCN(C(=O)COCCN2CCCC2=O)C1. The topological polar surface area (TPSA) is 91.8 Å². The molecule has 2 aromatic rings. The molecule has 0 bridgehead atoms. The van der Waals surface area contributed by atoms with Gasteiger partial charge in [-0.25, -0.2) is 4.98 Å². The van der Waals surface area contributed by atoms with Gasteiger partial charge in [0.1, 0.15) is 11.4 Å². The van der Waals surface area contributed by atoms with Crippen LogP contribution in [0.2, 0.25) is 0 Å². The van der Waals surface area contributed by atoms with E-state index in [0.29, 0.717) is 37.5 Å². The van der Waals surface area contributed by atoms with E-state index in [4.69, 9.17) is 4.74 Å². The van der Waals surface area contributed by atoms with Crippen LogP contribution < -0.4 is 5.32 Å². The summed E-state index contributed by atoms with van der Waals surface area (Å²) in [7, 11) is 1.63. The van der Waals surface area contributed by atoms with Crippen LogP contribution in [0.3, 0.4) is 0 Å². The summed E-state index contributed by atoms with van der Waals surface area (Å²) in [5, 5.41) is 3.71. The Hall–Kier alpha value is -2.52. The Morgan fingerprint density at radius 3 is 3.00 bits per heavy atom. The summed E-state index contributed by atoms with van der Waals surface area (Å²) >= 11 is 1.40. The second-order valence-corrected chi connectivity index (χ2v) is 8.64. The molecule has 160 valence electrons. The third kappa shape index (κ3) is 4.17. The molecule has 2 aliphatic heterocycles. The first-order valence-corrected chi connectivity index (χ1v) is 11.1. The minimum Gasteiger partial charge on any atom is -0.370 e. The number of rotatable bonds is 7. The molecule has 4 rings (SSSR count). The molecule has 0 aliphatic carbocycles. The number of carbonyl (C=O) groups excluding carboxylic acids is 3. The van der Waals surface area contributed by atoms with E-state index in [1.165, 1.54) is 11.3 Å². The van der Waals surface area contributed by atoms with Crippen molar-refractivity contribution in [2.24, 2.45) is 0 Å². The normalized spacial score (nSPS) is 19.1. The van der Waals surface area contributed by atoms with Crippen molar-refractivity contribution in [1.29, 1.82) is 0 Å². The number of ether oxygens (including phenoxy) is 1. The summed E-state index contributed by atoms with van der Waals surface area (Å²) in [5.74, 6) is 0.0973. The number of nitrogens with zero attached hydrogens (tertiary/aromatic N) is 3. The molecule has 4 heterocycles. The van der Waals surface area contributed by atoms with E-state index >= 15 is 0 Å². The average molecular weight is 431 g/mol. The van der Waals surface area contributed by atoms with Gasteiger partial charge in [0.15, 0.2) is 0 Å². The lowest BCUT2D eigenvalue weighted by atomic mass is 9.95. The number of carbonyl (C=O) groups is 3. The van der Waals surface area contributed by atoms with Crippen molar-refractivity contribution in [3.63, 3.8) is 0 Å². The van der Waals surface area contributed by atoms with Crippen LogP contribution in [0.1, 0.15) is 40.4 Å². The molecule has 2 saturated heterocycles. The zero-order valence-corrected chi connectivity index (χ0v) is 17.9. The van der Waals surface area contributed by atoms with Crippen molar-refractivity contribution in [1.82, 2.24) is 20.1 Å². The predicted octanol–water partition coefficient (Wildman–Crippen LogP) is 1.61. The molecule has 9 heteroatoms. The fraction of sp³-hybridized carbons (Fsp3) is 0.524. The number of nitrogens with one attached hydrogen (secondary N) is 1. The standard InChI is InChI=1S/C21H26N4O4S/c1-22-20(28)19-18(15-4-2-7-23-21(15)30-19)14-6-9-25(12-14)17(27)13-29-11-10-24-8-3-5-16(24)26/h2,4,7,14H,3,5-6,8-13H2,1H3,(H,22,28)/t14-/m0/s1. The first-order valence-electron chi connectivity index (χ1n) is 10.3. The Labute approximate surface area is 179 Å². The summed E-state index contributed by atoms with van der Waals surface area (Å²) < 4.78 is 5.54. The highest BCUT2D eigenvalue weighted by molar-refractivity contribution is 7.20. The maximum atomic E-state index is 12.6. The zero-order chi connectivity index (χ0) is 21.1. The van der Waals surface area contributed by atoms with Crippen molar-refractivity contribution in [3.8, 4) is 0 Å². The highest BCUT2D eigenvalue weighted by atomic mass is 32.1. The zero-order valence-electron chi connectivity index (χ0n) is 17.1. The third-order valence-electron chi connectivity index (χ3n) is 5.79. The molecule has 0 radical (unpaired) electrons. The summed E-state index contributed by atoms with van der Waals surface area (Å²) in [6.45, 7) is 2.92. The molecule has 0 aromatic carbocycles. The van der Waals surface area contributed by atoms with Crippen LogP contribution in [0.4, 0.5) is 0 Å². The van der Waals surface area contributed by atoms with Gasteiger partial charge in [0.05, 0.1) is 11.5 Å². The molecule has 8 nitrogen and oxygen atoms in total. The summed E-state index contributed by atoms with van der Waals surface area (Å²) in [6.07, 6.45) is 4.04. The van der Waals surface area contributed by atoms with Crippen molar-refractivity contribution >= 4 is 39.3 Å². The van der Waals surface area contributed by atoms with E-state index in [1.54, 1.807) is 23.0 Å². The molecule has 1 atom stereocenters. The van der Waals surface area contributed by atoms with Crippen molar-refractivity contribution in [2.45, 2.75) is 25.2 Å². The van der Waals surface area contributed by atoms with E-state index in [1.807, 2.05) is 12.1 Å². The van der Waals surface area contributed by atoms with Crippen molar-refractivity contribution in [2.75, 3.05) is 46.4 Å². The lowest BCUT2D eigenvalue weighted by Crippen LogP contribution is -2.34. The lowest BCUT2D eigenvalue weighted by Gasteiger charge is -2.18.